The molecule has 2 aliphatic heterocycles. The van der Waals surface area contributed by atoms with E-state index in [4.69, 9.17) is 9.47 Å². The number of hydrogen-bond donors (Lipinski definition) is 1. The summed E-state index contributed by atoms with van der Waals surface area (Å²) in [5.41, 5.74) is 0. The summed E-state index contributed by atoms with van der Waals surface area (Å²) in [4.78, 5) is 13.9. The van der Waals surface area contributed by atoms with Crippen LogP contribution in [0.5, 0.6) is 0 Å². The van der Waals surface area contributed by atoms with Crippen LogP contribution in [0.15, 0.2) is 0 Å². The molecule has 0 spiro atoms. The van der Waals surface area contributed by atoms with Crippen molar-refractivity contribution in [1.82, 2.24) is 10.2 Å². The molecule has 0 saturated carbocycles. The van der Waals surface area contributed by atoms with Gasteiger partial charge in [0.1, 0.15) is 0 Å². The number of ether oxygens (including phenoxy) is 2. The summed E-state index contributed by atoms with van der Waals surface area (Å²) < 4.78 is 10.6. The van der Waals surface area contributed by atoms with Crippen molar-refractivity contribution >= 4 is 5.91 Å². The fourth-order valence-corrected chi connectivity index (χ4v) is 1.97. The Hall–Kier alpha value is -0.650. The fourth-order valence-electron chi connectivity index (χ4n) is 1.97. The Labute approximate surface area is 89.7 Å². The highest BCUT2D eigenvalue weighted by Crippen LogP contribution is 2.07. The van der Waals surface area contributed by atoms with E-state index in [1.807, 2.05) is 4.90 Å². The molecule has 2 fully saturated rings. The number of amides is 1. The van der Waals surface area contributed by atoms with Gasteiger partial charge in [0, 0.05) is 25.7 Å². The summed E-state index contributed by atoms with van der Waals surface area (Å²) in [6.45, 7) is 6.00. The van der Waals surface area contributed by atoms with Gasteiger partial charge in [-0.05, 0) is 6.92 Å². The first-order chi connectivity index (χ1) is 7.27. The van der Waals surface area contributed by atoms with E-state index in [0.717, 1.165) is 19.6 Å². The van der Waals surface area contributed by atoms with E-state index < -0.39 is 0 Å². The fraction of sp³-hybridized carbons (Fsp3) is 0.900. The SMILES string of the molecule is CC1CN(C(=O)C2COCCO2)CCN1. The quantitative estimate of drug-likeness (QED) is 0.622. The van der Waals surface area contributed by atoms with Gasteiger partial charge in [-0.15, -0.1) is 0 Å². The van der Waals surface area contributed by atoms with Crippen molar-refractivity contribution in [3.05, 3.63) is 0 Å². The van der Waals surface area contributed by atoms with Crippen LogP contribution in [0.3, 0.4) is 0 Å². The van der Waals surface area contributed by atoms with Crippen molar-refractivity contribution in [2.75, 3.05) is 39.5 Å². The zero-order valence-corrected chi connectivity index (χ0v) is 9.07. The maximum atomic E-state index is 12.0. The highest BCUT2D eigenvalue weighted by Gasteiger charge is 2.29. The number of carbonyl (C=O) groups excluding carboxylic acids is 1. The van der Waals surface area contributed by atoms with E-state index in [-0.39, 0.29) is 12.0 Å². The molecule has 1 amide bonds. The van der Waals surface area contributed by atoms with Crippen LogP contribution in [0.2, 0.25) is 0 Å². The van der Waals surface area contributed by atoms with Gasteiger partial charge >= 0.3 is 0 Å². The molecule has 5 nitrogen and oxygen atoms in total. The summed E-state index contributed by atoms with van der Waals surface area (Å²) in [7, 11) is 0. The van der Waals surface area contributed by atoms with E-state index in [1.54, 1.807) is 0 Å². The lowest BCUT2D eigenvalue weighted by atomic mass is 10.2. The van der Waals surface area contributed by atoms with Crippen molar-refractivity contribution in [3.8, 4) is 0 Å². The minimum atomic E-state index is -0.385. The molecule has 0 aromatic heterocycles. The van der Waals surface area contributed by atoms with Crippen LogP contribution in [0.4, 0.5) is 0 Å². The van der Waals surface area contributed by atoms with Crippen molar-refractivity contribution in [2.45, 2.75) is 19.1 Å². The van der Waals surface area contributed by atoms with Gasteiger partial charge in [-0.3, -0.25) is 4.79 Å². The number of nitrogens with zero attached hydrogens (tertiary/aromatic N) is 1. The maximum Gasteiger partial charge on any atom is 0.254 e. The van der Waals surface area contributed by atoms with Gasteiger partial charge in [0.25, 0.3) is 5.91 Å². The number of nitrogens with one attached hydrogen (secondary N) is 1. The molecule has 2 saturated heterocycles. The van der Waals surface area contributed by atoms with Crippen molar-refractivity contribution in [3.63, 3.8) is 0 Å². The smallest absolute Gasteiger partial charge is 0.254 e. The standard InChI is InChI=1S/C10H18N2O3/c1-8-6-12(3-2-11-8)10(13)9-7-14-4-5-15-9/h8-9,11H,2-7H2,1H3. The monoisotopic (exact) mass is 214 g/mol. The second kappa shape index (κ2) is 4.92. The highest BCUT2D eigenvalue weighted by molar-refractivity contribution is 5.81. The van der Waals surface area contributed by atoms with Crippen LogP contribution in [-0.2, 0) is 14.3 Å². The molecule has 2 aliphatic rings. The topological polar surface area (TPSA) is 50.8 Å². The first-order valence-corrected chi connectivity index (χ1v) is 5.49. The molecule has 0 aromatic carbocycles. The molecule has 2 heterocycles. The molecule has 2 unspecified atom stereocenters. The molecule has 2 atom stereocenters. The van der Waals surface area contributed by atoms with E-state index in [1.165, 1.54) is 0 Å². The third-order valence-electron chi connectivity index (χ3n) is 2.77. The third-order valence-corrected chi connectivity index (χ3v) is 2.77. The van der Waals surface area contributed by atoms with Gasteiger partial charge in [-0.1, -0.05) is 0 Å². The molecular formula is C10H18N2O3. The van der Waals surface area contributed by atoms with Crippen molar-refractivity contribution < 1.29 is 14.3 Å². The number of piperazine rings is 1. The number of rotatable bonds is 1. The van der Waals surface area contributed by atoms with Gasteiger partial charge in [-0.25, -0.2) is 0 Å². The number of carbonyl (C=O) groups is 1. The minimum Gasteiger partial charge on any atom is -0.376 e. The van der Waals surface area contributed by atoms with Crippen LogP contribution in [0.1, 0.15) is 6.92 Å². The van der Waals surface area contributed by atoms with Crippen LogP contribution in [0, 0.1) is 0 Å². The summed E-state index contributed by atoms with van der Waals surface area (Å²) in [6, 6.07) is 0.368. The Morgan fingerprint density at radius 2 is 2.33 bits per heavy atom. The predicted molar refractivity (Wildman–Crippen MR) is 54.6 cm³/mol. The van der Waals surface area contributed by atoms with Crippen molar-refractivity contribution in [2.24, 2.45) is 0 Å². The second-order valence-corrected chi connectivity index (χ2v) is 4.07. The lowest BCUT2D eigenvalue weighted by molar-refractivity contribution is -0.159. The molecule has 15 heavy (non-hydrogen) atoms. The Kier molecular flexibility index (Phi) is 3.56. The van der Waals surface area contributed by atoms with Gasteiger partial charge in [-0.2, -0.15) is 0 Å². The van der Waals surface area contributed by atoms with Gasteiger partial charge in [0.15, 0.2) is 6.10 Å². The van der Waals surface area contributed by atoms with Gasteiger partial charge in [0.05, 0.1) is 19.8 Å². The van der Waals surface area contributed by atoms with E-state index in [9.17, 15) is 4.79 Å². The van der Waals surface area contributed by atoms with E-state index >= 15 is 0 Å². The second-order valence-electron chi connectivity index (χ2n) is 4.07. The molecule has 1 N–H and O–H groups in total. The molecule has 0 aromatic rings. The molecule has 0 bridgehead atoms. The van der Waals surface area contributed by atoms with Gasteiger partial charge < -0.3 is 19.7 Å². The zero-order valence-electron chi connectivity index (χ0n) is 9.07. The average Bonchev–Trinajstić information content (AvgIpc) is 2.29. The normalized spacial score (nSPS) is 32.7. The Balaban J connectivity index is 1.88. The summed E-state index contributed by atoms with van der Waals surface area (Å²) in [5.74, 6) is 0.0723. The largest absolute Gasteiger partial charge is 0.376 e. The Bertz CT molecular complexity index is 229. The Morgan fingerprint density at radius 3 is 3.00 bits per heavy atom. The number of hydrogen-bond acceptors (Lipinski definition) is 4. The van der Waals surface area contributed by atoms with Crippen molar-refractivity contribution in [1.29, 1.82) is 0 Å². The van der Waals surface area contributed by atoms with Gasteiger partial charge in [0.2, 0.25) is 0 Å². The van der Waals surface area contributed by atoms with E-state index in [2.05, 4.69) is 12.2 Å². The van der Waals surface area contributed by atoms with Crippen LogP contribution >= 0.6 is 0 Å². The molecular weight excluding hydrogens is 196 g/mol. The first kappa shape index (κ1) is 10.9. The lowest BCUT2D eigenvalue weighted by Gasteiger charge is -2.35. The third kappa shape index (κ3) is 2.68. The Morgan fingerprint density at radius 1 is 1.47 bits per heavy atom. The summed E-state index contributed by atoms with van der Waals surface area (Å²) in [6.07, 6.45) is -0.385. The summed E-state index contributed by atoms with van der Waals surface area (Å²) in [5, 5.41) is 3.30. The first-order valence-electron chi connectivity index (χ1n) is 5.49. The highest BCUT2D eigenvalue weighted by atomic mass is 16.6. The summed E-state index contributed by atoms with van der Waals surface area (Å²) >= 11 is 0. The molecule has 0 radical (unpaired) electrons. The van der Waals surface area contributed by atoms with Crippen LogP contribution < -0.4 is 5.32 Å². The van der Waals surface area contributed by atoms with Crippen LogP contribution in [0.25, 0.3) is 0 Å². The minimum absolute atomic E-state index is 0.0723. The molecule has 0 aliphatic carbocycles. The maximum absolute atomic E-state index is 12.0. The molecule has 86 valence electrons. The molecule has 5 heteroatoms. The lowest BCUT2D eigenvalue weighted by Crippen LogP contribution is -2.55. The molecule has 2 rings (SSSR count). The zero-order chi connectivity index (χ0) is 10.7. The van der Waals surface area contributed by atoms with E-state index in [0.29, 0.717) is 25.9 Å². The average molecular weight is 214 g/mol. The predicted octanol–water partition coefficient (Wildman–Crippen LogP) is -0.778. The van der Waals surface area contributed by atoms with Crippen LogP contribution in [-0.4, -0.2) is 62.4 Å².